The van der Waals surface area contributed by atoms with Crippen molar-refractivity contribution in [2.45, 2.75) is 37.8 Å². The number of hydrogen-bond acceptors (Lipinski definition) is 6. The Morgan fingerprint density at radius 2 is 1.62 bits per heavy atom. The number of benzene rings is 3. The number of carbonyl (C=O) groups excluding carboxylic acids is 2. The van der Waals surface area contributed by atoms with Crippen LogP contribution in [0.3, 0.4) is 0 Å². The lowest BCUT2D eigenvalue weighted by Crippen LogP contribution is -2.52. The van der Waals surface area contributed by atoms with E-state index in [-0.39, 0.29) is 29.5 Å². The Morgan fingerprint density at radius 3 is 2.27 bits per heavy atom. The van der Waals surface area contributed by atoms with Gasteiger partial charge in [-0.3, -0.25) is 13.9 Å². The summed E-state index contributed by atoms with van der Waals surface area (Å²) in [5.41, 5.74) is 0.795. The molecule has 0 aliphatic carbocycles. The van der Waals surface area contributed by atoms with Crippen molar-refractivity contribution in [2.75, 3.05) is 30.6 Å². The molecule has 0 fully saturated rings. The summed E-state index contributed by atoms with van der Waals surface area (Å²) in [6, 6.07) is 17.2. The monoisotopic (exact) mass is 569 g/mol. The van der Waals surface area contributed by atoms with E-state index in [4.69, 9.17) is 9.47 Å². The predicted octanol–water partition coefficient (Wildman–Crippen LogP) is 3.74. The fraction of sp³-hybridized carbons (Fsp3) is 0.310. The Morgan fingerprint density at radius 1 is 0.950 bits per heavy atom. The van der Waals surface area contributed by atoms with Gasteiger partial charge >= 0.3 is 0 Å². The van der Waals surface area contributed by atoms with E-state index in [1.165, 1.54) is 47.4 Å². The number of fused-ring (bicyclic) bond motifs is 1. The Kier molecular flexibility index (Phi) is 9.26. The van der Waals surface area contributed by atoms with Crippen LogP contribution in [0.25, 0.3) is 0 Å². The number of ether oxygens (including phenoxy) is 2. The Bertz CT molecular complexity index is 1430. The lowest BCUT2D eigenvalue weighted by Gasteiger charge is -2.33. The summed E-state index contributed by atoms with van der Waals surface area (Å²) in [6.07, 6.45) is 0.286. The van der Waals surface area contributed by atoms with Crippen molar-refractivity contribution in [3.8, 4) is 11.5 Å². The number of sulfonamides is 1. The van der Waals surface area contributed by atoms with Crippen LogP contribution in [-0.2, 0) is 26.2 Å². The average Bonchev–Trinajstić information content (AvgIpc) is 2.97. The molecular formula is C29H32FN3O6S. The van der Waals surface area contributed by atoms with Crippen molar-refractivity contribution in [3.63, 3.8) is 0 Å². The fourth-order valence-electron chi connectivity index (χ4n) is 4.43. The minimum Gasteiger partial charge on any atom is -0.486 e. The van der Waals surface area contributed by atoms with Gasteiger partial charge < -0.3 is 19.7 Å². The Hall–Kier alpha value is -4.12. The van der Waals surface area contributed by atoms with E-state index in [0.29, 0.717) is 36.8 Å². The van der Waals surface area contributed by atoms with Crippen molar-refractivity contribution < 1.29 is 31.9 Å². The van der Waals surface area contributed by atoms with Crippen molar-refractivity contribution in [2.24, 2.45) is 0 Å². The van der Waals surface area contributed by atoms with Gasteiger partial charge in [0.15, 0.2) is 11.5 Å². The van der Waals surface area contributed by atoms with Gasteiger partial charge in [0.25, 0.3) is 10.0 Å². The van der Waals surface area contributed by atoms with Crippen LogP contribution in [0.2, 0.25) is 0 Å². The molecule has 1 unspecified atom stereocenters. The van der Waals surface area contributed by atoms with Crippen LogP contribution in [0.1, 0.15) is 25.8 Å². The van der Waals surface area contributed by atoms with Gasteiger partial charge in [0.2, 0.25) is 11.8 Å². The van der Waals surface area contributed by atoms with Crippen molar-refractivity contribution in [1.29, 1.82) is 0 Å². The maximum atomic E-state index is 14.0. The predicted molar refractivity (Wildman–Crippen MR) is 148 cm³/mol. The molecule has 0 saturated heterocycles. The number of amides is 2. The molecule has 0 saturated carbocycles. The smallest absolute Gasteiger partial charge is 0.264 e. The SMILES string of the molecule is CCNC(=O)C(CC)N(Cc1ccc(F)cc1)C(=O)CN(c1ccc2c(c1)OCCO2)S(=O)(=O)c1ccccc1. The van der Waals surface area contributed by atoms with E-state index < -0.39 is 34.3 Å². The third-order valence-electron chi connectivity index (χ3n) is 6.43. The van der Waals surface area contributed by atoms with Crippen LogP contribution < -0.4 is 19.1 Å². The highest BCUT2D eigenvalue weighted by atomic mass is 32.2. The van der Waals surface area contributed by atoms with Gasteiger partial charge in [-0.05, 0) is 55.3 Å². The van der Waals surface area contributed by atoms with Crippen LogP contribution in [0.4, 0.5) is 10.1 Å². The summed E-state index contributed by atoms with van der Waals surface area (Å²) in [5, 5.41) is 2.75. The van der Waals surface area contributed by atoms with E-state index in [9.17, 15) is 22.4 Å². The van der Waals surface area contributed by atoms with Gasteiger partial charge in [-0.15, -0.1) is 0 Å². The summed E-state index contributed by atoms with van der Waals surface area (Å²) in [6.45, 7) is 3.96. The third kappa shape index (κ3) is 6.53. The number of hydrogen-bond donors (Lipinski definition) is 1. The molecule has 1 atom stereocenters. The minimum atomic E-state index is -4.21. The molecule has 9 nitrogen and oxygen atoms in total. The van der Waals surface area contributed by atoms with E-state index in [1.54, 1.807) is 44.2 Å². The van der Waals surface area contributed by atoms with Crippen molar-refractivity contribution in [1.82, 2.24) is 10.2 Å². The zero-order valence-corrected chi connectivity index (χ0v) is 23.2. The van der Waals surface area contributed by atoms with Gasteiger partial charge in [-0.2, -0.15) is 0 Å². The molecule has 11 heteroatoms. The molecule has 1 aliphatic rings. The molecule has 0 bridgehead atoms. The average molecular weight is 570 g/mol. The maximum Gasteiger partial charge on any atom is 0.264 e. The molecule has 0 radical (unpaired) electrons. The third-order valence-corrected chi connectivity index (χ3v) is 8.21. The van der Waals surface area contributed by atoms with E-state index >= 15 is 0 Å². The quantitative estimate of drug-likeness (QED) is 0.377. The number of nitrogens with one attached hydrogen (secondary N) is 1. The molecule has 1 aliphatic heterocycles. The summed E-state index contributed by atoms with van der Waals surface area (Å²) >= 11 is 0. The second kappa shape index (κ2) is 12.8. The Balaban J connectivity index is 1.75. The number of carbonyl (C=O) groups is 2. The molecule has 0 spiro atoms. The molecule has 40 heavy (non-hydrogen) atoms. The first-order valence-electron chi connectivity index (χ1n) is 13.0. The second-order valence-electron chi connectivity index (χ2n) is 9.12. The maximum absolute atomic E-state index is 14.0. The minimum absolute atomic E-state index is 0.00135. The number of halogens is 1. The molecule has 2 amide bonds. The largest absolute Gasteiger partial charge is 0.486 e. The second-order valence-corrected chi connectivity index (χ2v) is 11.0. The first kappa shape index (κ1) is 28.9. The zero-order chi connectivity index (χ0) is 28.7. The summed E-state index contributed by atoms with van der Waals surface area (Å²) in [5.74, 6) is -0.565. The summed E-state index contributed by atoms with van der Waals surface area (Å²) < 4.78 is 53.6. The van der Waals surface area contributed by atoms with Crippen LogP contribution in [0.5, 0.6) is 11.5 Å². The van der Waals surface area contributed by atoms with E-state index in [2.05, 4.69) is 5.32 Å². The standard InChI is InChI=1S/C29H32FN3O6S/c1-3-25(29(35)31-4-2)32(19-21-10-12-22(30)13-11-21)28(34)20-33(40(36,37)24-8-6-5-7-9-24)23-14-15-26-27(18-23)39-17-16-38-26/h5-15,18,25H,3-4,16-17,19-20H2,1-2H3,(H,31,35). The summed E-state index contributed by atoms with van der Waals surface area (Å²) in [4.78, 5) is 28.3. The van der Waals surface area contributed by atoms with Gasteiger partial charge in [-0.1, -0.05) is 37.3 Å². The van der Waals surface area contributed by atoms with Crippen LogP contribution in [-0.4, -0.2) is 57.5 Å². The van der Waals surface area contributed by atoms with Crippen molar-refractivity contribution >= 4 is 27.5 Å². The van der Waals surface area contributed by atoms with E-state index in [1.807, 2.05) is 0 Å². The first-order valence-corrected chi connectivity index (χ1v) is 14.5. The van der Waals surface area contributed by atoms with Crippen LogP contribution in [0, 0.1) is 5.82 Å². The van der Waals surface area contributed by atoms with Crippen LogP contribution in [0.15, 0.2) is 77.7 Å². The number of likely N-dealkylation sites (N-methyl/N-ethyl adjacent to an activating group) is 1. The lowest BCUT2D eigenvalue weighted by atomic mass is 10.1. The molecular weight excluding hydrogens is 537 g/mol. The first-order chi connectivity index (χ1) is 19.2. The highest BCUT2D eigenvalue weighted by molar-refractivity contribution is 7.92. The summed E-state index contributed by atoms with van der Waals surface area (Å²) in [7, 11) is -4.21. The lowest BCUT2D eigenvalue weighted by molar-refractivity contribution is -0.140. The number of anilines is 1. The van der Waals surface area contributed by atoms with Gasteiger partial charge in [0, 0.05) is 19.2 Å². The fourth-order valence-corrected chi connectivity index (χ4v) is 5.86. The molecule has 212 valence electrons. The van der Waals surface area contributed by atoms with Crippen LogP contribution >= 0.6 is 0 Å². The molecule has 3 aromatic carbocycles. The molecule has 0 aromatic heterocycles. The van der Waals surface area contributed by atoms with Crippen molar-refractivity contribution in [3.05, 3.63) is 84.2 Å². The molecule has 1 N–H and O–H groups in total. The van der Waals surface area contributed by atoms with Gasteiger partial charge in [0.1, 0.15) is 31.6 Å². The van der Waals surface area contributed by atoms with Gasteiger partial charge in [0.05, 0.1) is 10.6 Å². The van der Waals surface area contributed by atoms with E-state index in [0.717, 1.165) is 4.31 Å². The molecule has 1 heterocycles. The molecule has 4 rings (SSSR count). The Labute approximate surface area is 233 Å². The normalized spacial score (nSPS) is 13.3. The highest BCUT2D eigenvalue weighted by Crippen LogP contribution is 2.36. The highest BCUT2D eigenvalue weighted by Gasteiger charge is 2.34. The van der Waals surface area contributed by atoms with Gasteiger partial charge in [-0.25, -0.2) is 12.8 Å². The number of nitrogens with zero attached hydrogens (tertiary/aromatic N) is 2. The topological polar surface area (TPSA) is 105 Å². The number of rotatable bonds is 11. The zero-order valence-electron chi connectivity index (χ0n) is 22.4. The molecule has 3 aromatic rings.